The molecule has 0 bridgehead atoms. The molecule has 0 aliphatic carbocycles. The van der Waals surface area contributed by atoms with Gasteiger partial charge in [-0.3, -0.25) is 4.57 Å². The van der Waals surface area contributed by atoms with E-state index in [2.05, 4.69) is 101 Å². The van der Waals surface area contributed by atoms with Gasteiger partial charge in [-0.05, 0) is 122 Å². The van der Waals surface area contributed by atoms with Gasteiger partial charge in [-0.2, -0.15) is 5.10 Å². The maximum atomic E-state index is 6.49. The highest BCUT2D eigenvalue weighted by atomic mass is 16.5. The van der Waals surface area contributed by atoms with Crippen LogP contribution in [0.15, 0.2) is 97.5 Å². The minimum absolute atomic E-state index is 0.755. The zero-order valence-electron chi connectivity index (χ0n) is 26.8. The van der Waals surface area contributed by atoms with Crippen LogP contribution in [0.25, 0.3) is 44.4 Å². The molecule has 224 valence electrons. The van der Waals surface area contributed by atoms with Crippen molar-refractivity contribution < 1.29 is 4.74 Å². The van der Waals surface area contributed by atoms with Crippen LogP contribution in [0.4, 0.5) is 0 Å². The molecule has 7 aromatic rings. The molecule has 0 radical (unpaired) electrons. The minimum atomic E-state index is 0.755. The van der Waals surface area contributed by atoms with E-state index < -0.39 is 0 Å². The lowest BCUT2D eigenvalue weighted by molar-refractivity contribution is 0.483. The second-order valence-electron chi connectivity index (χ2n) is 11.9. The third kappa shape index (κ3) is 4.89. The fourth-order valence-corrected chi connectivity index (χ4v) is 6.85. The molecule has 0 fully saturated rings. The van der Waals surface area contributed by atoms with Gasteiger partial charge >= 0.3 is 0 Å². The van der Waals surface area contributed by atoms with Crippen LogP contribution in [0.1, 0.15) is 47.2 Å². The van der Waals surface area contributed by atoms with Crippen molar-refractivity contribution in [2.75, 3.05) is 0 Å². The van der Waals surface area contributed by atoms with E-state index in [1.54, 1.807) is 0 Å². The van der Waals surface area contributed by atoms with Crippen molar-refractivity contribution in [1.82, 2.24) is 19.3 Å². The highest BCUT2D eigenvalue weighted by Gasteiger charge is 2.19. The van der Waals surface area contributed by atoms with Gasteiger partial charge in [-0.1, -0.05) is 38.1 Å². The SMILES string of the molecule is CCc1c(C)c(C)c(C)c(CC)c1-c1cnn(-c2cccc(Oc3ccc4c5ccccc5n(-c5cc(C)ccn5)c4c3)c2)c1. The van der Waals surface area contributed by atoms with Crippen LogP contribution < -0.4 is 4.74 Å². The molecule has 7 rings (SSSR count). The van der Waals surface area contributed by atoms with Gasteiger partial charge in [0, 0.05) is 40.9 Å². The number of ether oxygens (including phenoxy) is 1. The Morgan fingerprint density at radius 2 is 1.42 bits per heavy atom. The number of fused-ring (bicyclic) bond motifs is 3. The Hall–Kier alpha value is -5.16. The van der Waals surface area contributed by atoms with E-state index in [0.717, 1.165) is 52.4 Å². The first-order valence-electron chi connectivity index (χ1n) is 15.8. The van der Waals surface area contributed by atoms with Crippen LogP contribution in [-0.2, 0) is 12.8 Å². The summed E-state index contributed by atoms with van der Waals surface area (Å²) in [5, 5.41) is 7.17. The highest BCUT2D eigenvalue weighted by Crippen LogP contribution is 2.37. The predicted molar refractivity (Wildman–Crippen MR) is 185 cm³/mol. The van der Waals surface area contributed by atoms with Crippen molar-refractivity contribution in [3.63, 3.8) is 0 Å². The highest BCUT2D eigenvalue weighted by molar-refractivity contribution is 6.09. The lowest BCUT2D eigenvalue weighted by Gasteiger charge is -2.21. The Bertz CT molecular complexity index is 2190. The van der Waals surface area contributed by atoms with Crippen LogP contribution in [0.3, 0.4) is 0 Å². The summed E-state index contributed by atoms with van der Waals surface area (Å²) < 4.78 is 10.7. The molecule has 3 heterocycles. The Kier molecular flexibility index (Phi) is 7.25. The lowest BCUT2D eigenvalue weighted by atomic mass is 9.84. The summed E-state index contributed by atoms with van der Waals surface area (Å²) in [4.78, 5) is 4.71. The van der Waals surface area contributed by atoms with Crippen molar-refractivity contribution in [2.24, 2.45) is 0 Å². The lowest BCUT2D eigenvalue weighted by Crippen LogP contribution is -2.04. The normalized spacial score (nSPS) is 11.5. The molecule has 0 unspecified atom stereocenters. The molecule has 0 aliphatic rings. The van der Waals surface area contributed by atoms with E-state index >= 15 is 0 Å². The summed E-state index contributed by atoms with van der Waals surface area (Å²) in [7, 11) is 0. The average molecular weight is 591 g/mol. The first-order chi connectivity index (χ1) is 21.9. The second kappa shape index (κ2) is 11.4. The maximum Gasteiger partial charge on any atom is 0.137 e. The van der Waals surface area contributed by atoms with Crippen LogP contribution in [0.5, 0.6) is 11.5 Å². The average Bonchev–Trinajstić information content (AvgIpc) is 3.67. The molecule has 5 nitrogen and oxygen atoms in total. The molecule has 0 amide bonds. The number of nitrogens with zero attached hydrogens (tertiary/aromatic N) is 4. The van der Waals surface area contributed by atoms with Crippen LogP contribution in [0.2, 0.25) is 0 Å². The van der Waals surface area contributed by atoms with Gasteiger partial charge in [0.25, 0.3) is 0 Å². The van der Waals surface area contributed by atoms with Crippen molar-refractivity contribution in [1.29, 1.82) is 0 Å². The molecule has 0 spiro atoms. The van der Waals surface area contributed by atoms with Gasteiger partial charge in [-0.15, -0.1) is 0 Å². The van der Waals surface area contributed by atoms with Gasteiger partial charge in [0.1, 0.15) is 17.3 Å². The van der Waals surface area contributed by atoms with Gasteiger partial charge in [0.05, 0.1) is 22.9 Å². The smallest absolute Gasteiger partial charge is 0.137 e. The fraction of sp³-hybridized carbons (Fsp3) is 0.200. The molecule has 0 saturated carbocycles. The van der Waals surface area contributed by atoms with E-state index in [4.69, 9.17) is 14.8 Å². The topological polar surface area (TPSA) is 44.9 Å². The number of benzene rings is 4. The van der Waals surface area contributed by atoms with Gasteiger partial charge in [-0.25, -0.2) is 9.67 Å². The van der Waals surface area contributed by atoms with Crippen LogP contribution in [0, 0.1) is 27.7 Å². The summed E-state index contributed by atoms with van der Waals surface area (Å²) in [5.41, 5.74) is 13.8. The van der Waals surface area contributed by atoms with Gasteiger partial charge < -0.3 is 4.74 Å². The third-order valence-electron chi connectivity index (χ3n) is 9.31. The first kappa shape index (κ1) is 28.6. The second-order valence-corrected chi connectivity index (χ2v) is 11.9. The molecule has 3 aromatic heterocycles. The summed E-state index contributed by atoms with van der Waals surface area (Å²) >= 11 is 0. The Morgan fingerprint density at radius 3 is 2.18 bits per heavy atom. The van der Waals surface area contributed by atoms with Crippen LogP contribution in [-0.4, -0.2) is 19.3 Å². The number of aryl methyl sites for hydroxylation is 1. The first-order valence-corrected chi connectivity index (χ1v) is 15.8. The summed E-state index contributed by atoms with van der Waals surface area (Å²) in [6.07, 6.45) is 8.01. The van der Waals surface area contributed by atoms with Gasteiger partial charge in [0.15, 0.2) is 0 Å². The molecule has 5 heteroatoms. The number of aromatic nitrogens is 4. The van der Waals surface area contributed by atoms with Gasteiger partial charge in [0.2, 0.25) is 0 Å². The number of para-hydroxylation sites is 1. The van der Waals surface area contributed by atoms with E-state index in [0.29, 0.717) is 0 Å². The third-order valence-corrected chi connectivity index (χ3v) is 9.31. The van der Waals surface area contributed by atoms with Crippen molar-refractivity contribution in [3.8, 4) is 34.1 Å². The molecule has 0 atom stereocenters. The number of hydrogen-bond acceptors (Lipinski definition) is 3. The Labute approximate surface area is 264 Å². The monoisotopic (exact) mass is 590 g/mol. The van der Waals surface area contributed by atoms with Crippen molar-refractivity contribution in [3.05, 3.63) is 131 Å². The standard InChI is InChI=1S/C40H38N4O/c1-7-33-27(5)26(4)28(6)34(8-2)40(33)29-23-42-43(24-29)30-12-11-13-31(21-30)45-32-16-17-36-35-14-9-10-15-37(35)44(38(36)22-32)39-20-25(3)18-19-41-39/h9-24H,7-8H2,1-6H3. The number of rotatable bonds is 7. The Morgan fingerprint density at radius 1 is 0.689 bits per heavy atom. The largest absolute Gasteiger partial charge is 0.457 e. The summed E-state index contributed by atoms with van der Waals surface area (Å²) in [6, 6.07) is 27.0. The fourth-order valence-electron chi connectivity index (χ4n) is 6.85. The maximum absolute atomic E-state index is 6.49. The number of hydrogen-bond donors (Lipinski definition) is 0. The number of pyridine rings is 1. The molecule has 4 aromatic carbocycles. The van der Waals surface area contributed by atoms with E-state index in [1.807, 2.05) is 47.4 Å². The zero-order chi connectivity index (χ0) is 31.2. The zero-order valence-corrected chi connectivity index (χ0v) is 26.8. The molecule has 0 aliphatic heterocycles. The van der Waals surface area contributed by atoms with Crippen molar-refractivity contribution >= 4 is 21.8 Å². The van der Waals surface area contributed by atoms with Crippen LogP contribution >= 0.6 is 0 Å². The molecular formula is C40H38N4O. The molecule has 0 N–H and O–H groups in total. The quantitative estimate of drug-likeness (QED) is 0.186. The summed E-state index contributed by atoms with van der Waals surface area (Å²) in [6.45, 7) is 13.3. The molecular weight excluding hydrogens is 552 g/mol. The predicted octanol–water partition coefficient (Wildman–Crippen LogP) is 10.2. The molecule has 45 heavy (non-hydrogen) atoms. The van der Waals surface area contributed by atoms with Crippen molar-refractivity contribution in [2.45, 2.75) is 54.4 Å². The summed E-state index contributed by atoms with van der Waals surface area (Å²) in [5.74, 6) is 2.42. The van der Waals surface area contributed by atoms with E-state index in [1.165, 1.54) is 49.7 Å². The Balaban J connectivity index is 1.26. The van der Waals surface area contributed by atoms with E-state index in [-0.39, 0.29) is 0 Å². The minimum Gasteiger partial charge on any atom is -0.457 e. The molecule has 0 saturated heterocycles. The van der Waals surface area contributed by atoms with E-state index in [9.17, 15) is 0 Å².